The lowest BCUT2D eigenvalue weighted by Crippen LogP contribution is -2.24. The molecule has 0 bridgehead atoms. The van der Waals surface area contributed by atoms with Crippen LogP contribution in [-0.2, 0) is 17.6 Å². The summed E-state index contributed by atoms with van der Waals surface area (Å²) < 4.78 is 18.2. The zero-order valence-electron chi connectivity index (χ0n) is 12.8. The van der Waals surface area contributed by atoms with Crippen LogP contribution in [0, 0.1) is 5.82 Å². The van der Waals surface area contributed by atoms with E-state index in [1.54, 1.807) is 6.07 Å². The summed E-state index contributed by atoms with van der Waals surface area (Å²) in [6.07, 6.45) is 2.21. The molecule has 0 fully saturated rings. The molecule has 0 amide bonds. The number of Topliss-reactive ketones (excluding diaryl/α,β-unsaturated/α-hetero) is 1. The van der Waals surface area contributed by atoms with E-state index in [0.29, 0.717) is 11.1 Å². The summed E-state index contributed by atoms with van der Waals surface area (Å²) in [6, 6.07) is 10.7. The predicted octanol–water partition coefficient (Wildman–Crippen LogP) is 3.74. The number of ketones is 1. The van der Waals surface area contributed by atoms with Crippen molar-refractivity contribution in [1.82, 2.24) is 0 Å². The van der Waals surface area contributed by atoms with Crippen molar-refractivity contribution >= 4 is 11.8 Å². The molecule has 3 rings (SSSR count). The van der Waals surface area contributed by atoms with Gasteiger partial charge in [0, 0.05) is 5.56 Å². The van der Waals surface area contributed by atoms with Crippen LogP contribution in [0.3, 0.4) is 0 Å². The molecule has 0 spiro atoms. The minimum atomic E-state index is -0.916. The van der Waals surface area contributed by atoms with Crippen molar-refractivity contribution in [1.29, 1.82) is 0 Å². The maximum Gasteiger partial charge on any atom is 0.338 e. The molecule has 0 aliphatic heterocycles. The van der Waals surface area contributed by atoms with Crippen LogP contribution in [0.1, 0.15) is 45.2 Å². The van der Waals surface area contributed by atoms with Gasteiger partial charge in [0.25, 0.3) is 0 Å². The normalized spacial score (nSPS) is 14.2. The second-order valence-corrected chi connectivity index (χ2v) is 5.76. The minimum absolute atomic E-state index is 0.320. The van der Waals surface area contributed by atoms with Crippen LogP contribution in [-0.4, -0.2) is 17.9 Å². The molecule has 4 heteroatoms. The zero-order valence-corrected chi connectivity index (χ0v) is 12.8. The first-order valence-electron chi connectivity index (χ1n) is 7.67. The number of benzene rings is 2. The summed E-state index contributed by atoms with van der Waals surface area (Å²) >= 11 is 0. The van der Waals surface area contributed by atoms with Crippen LogP contribution in [0.4, 0.5) is 4.39 Å². The van der Waals surface area contributed by atoms with Gasteiger partial charge in [-0.2, -0.15) is 0 Å². The number of aryl methyl sites for hydroxylation is 2. The molecule has 1 aliphatic rings. The van der Waals surface area contributed by atoms with E-state index in [4.69, 9.17) is 4.74 Å². The Hall–Kier alpha value is -2.49. The van der Waals surface area contributed by atoms with Crippen molar-refractivity contribution in [2.24, 2.45) is 0 Å². The van der Waals surface area contributed by atoms with Crippen molar-refractivity contribution in [2.45, 2.75) is 32.3 Å². The van der Waals surface area contributed by atoms with E-state index in [9.17, 15) is 14.0 Å². The van der Waals surface area contributed by atoms with Crippen LogP contribution in [0.15, 0.2) is 42.5 Å². The maximum absolute atomic E-state index is 12.9. The van der Waals surface area contributed by atoms with Crippen LogP contribution < -0.4 is 0 Å². The number of esters is 1. The highest BCUT2D eigenvalue weighted by molar-refractivity contribution is 6.01. The zero-order chi connectivity index (χ0) is 16.4. The van der Waals surface area contributed by atoms with E-state index >= 15 is 0 Å². The monoisotopic (exact) mass is 312 g/mol. The van der Waals surface area contributed by atoms with Gasteiger partial charge < -0.3 is 4.74 Å². The first kappa shape index (κ1) is 15.4. The van der Waals surface area contributed by atoms with Crippen LogP contribution in [0.25, 0.3) is 0 Å². The van der Waals surface area contributed by atoms with Gasteiger partial charge in [0.1, 0.15) is 5.82 Å². The average Bonchev–Trinajstić information content (AvgIpc) is 3.02. The van der Waals surface area contributed by atoms with Gasteiger partial charge in [-0.15, -0.1) is 0 Å². The third-order valence-corrected chi connectivity index (χ3v) is 4.12. The third kappa shape index (κ3) is 3.31. The number of hydrogen-bond acceptors (Lipinski definition) is 3. The summed E-state index contributed by atoms with van der Waals surface area (Å²) in [6.45, 7) is 1.52. The van der Waals surface area contributed by atoms with Gasteiger partial charge in [0.05, 0.1) is 5.56 Å². The summed E-state index contributed by atoms with van der Waals surface area (Å²) in [5.41, 5.74) is 3.24. The fourth-order valence-electron chi connectivity index (χ4n) is 2.83. The predicted molar refractivity (Wildman–Crippen MR) is 84.1 cm³/mol. The van der Waals surface area contributed by atoms with Crippen molar-refractivity contribution in [2.75, 3.05) is 0 Å². The molecule has 118 valence electrons. The Kier molecular flexibility index (Phi) is 4.24. The Balaban J connectivity index is 1.69. The fraction of sp³-hybridized carbons (Fsp3) is 0.263. The van der Waals surface area contributed by atoms with Crippen LogP contribution >= 0.6 is 0 Å². The molecule has 2 aromatic rings. The van der Waals surface area contributed by atoms with E-state index in [-0.39, 0.29) is 5.78 Å². The Morgan fingerprint density at radius 2 is 1.65 bits per heavy atom. The van der Waals surface area contributed by atoms with E-state index in [0.717, 1.165) is 19.3 Å². The molecule has 1 aliphatic carbocycles. The summed E-state index contributed by atoms with van der Waals surface area (Å²) in [4.78, 5) is 24.4. The van der Waals surface area contributed by atoms with Gasteiger partial charge in [0.15, 0.2) is 6.10 Å². The smallest absolute Gasteiger partial charge is 0.338 e. The van der Waals surface area contributed by atoms with E-state index < -0.39 is 17.9 Å². The lowest BCUT2D eigenvalue weighted by Gasteiger charge is -2.13. The highest BCUT2D eigenvalue weighted by atomic mass is 19.1. The first-order valence-corrected chi connectivity index (χ1v) is 7.67. The van der Waals surface area contributed by atoms with Gasteiger partial charge in [-0.05, 0) is 73.7 Å². The average molecular weight is 312 g/mol. The second kappa shape index (κ2) is 6.32. The summed E-state index contributed by atoms with van der Waals surface area (Å²) in [7, 11) is 0. The van der Waals surface area contributed by atoms with E-state index in [2.05, 4.69) is 0 Å². The number of carbonyl (C=O) groups is 2. The largest absolute Gasteiger partial charge is 0.451 e. The van der Waals surface area contributed by atoms with Crippen molar-refractivity contribution in [3.8, 4) is 0 Å². The van der Waals surface area contributed by atoms with Gasteiger partial charge >= 0.3 is 5.97 Å². The van der Waals surface area contributed by atoms with Crippen LogP contribution in [0.5, 0.6) is 0 Å². The van der Waals surface area contributed by atoms with Gasteiger partial charge in [-0.25, -0.2) is 9.18 Å². The Bertz CT molecular complexity index is 750. The van der Waals surface area contributed by atoms with Crippen LogP contribution in [0.2, 0.25) is 0 Å². The topological polar surface area (TPSA) is 43.4 Å². The molecule has 3 nitrogen and oxygen atoms in total. The van der Waals surface area contributed by atoms with E-state index in [1.807, 2.05) is 12.1 Å². The third-order valence-electron chi connectivity index (χ3n) is 4.12. The molecule has 0 saturated carbocycles. The van der Waals surface area contributed by atoms with Crippen molar-refractivity contribution in [3.05, 3.63) is 70.5 Å². The number of carbonyl (C=O) groups excluding carboxylic acids is 2. The number of fused-ring (bicyclic) bond motifs is 1. The fourth-order valence-corrected chi connectivity index (χ4v) is 2.83. The van der Waals surface area contributed by atoms with Gasteiger partial charge in [-0.1, -0.05) is 6.07 Å². The minimum Gasteiger partial charge on any atom is -0.451 e. The molecule has 0 radical (unpaired) electrons. The standard InChI is InChI=1S/C19H17FO3/c1-12(18(21)14-7-9-17(20)10-8-14)23-19(22)16-6-5-13-3-2-4-15(13)11-16/h5-12H,2-4H2,1H3/t12-/m1/s1. The quantitative estimate of drug-likeness (QED) is 0.638. The summed E-state index contributed by atoms with van der Waals surface area (Å²) in [5, 5.41) is 0. The molecule has 1 atom stereocenters. The molecule has 0 heterocycles. The lowest BCUT2D eigenvalue weighted by atomic mass is 10.1. The van der Waals surface area contributed by atoms with E-state index in [1.165, 1.54) is 42.3 Å². The Morgan fingerprint density at radius 1 is 1.00 bits per heavy atom. The van der Waals surface area contributed by atoms with Crippen molar-refractivity contribution < 1.29 is 18.7 Å². The number of hydrogen-bond donors (Lipinski definition) is 0. The molecule has 23 heavy (non-hydrogen) atoms. The molecule has 0 unspecified atom stereocenters. The van der Waals surface area contributed by atoms with Gasteiger partial charge in [0.2, 0.25) is 5.78 Å². The van der Waals surface area contributed by atoms with Gasteiger partial charge in [-0.3, -0.25) is 4.79 Å². The SMILES string of the molecule is C[C@@H](OC(=O)c1ccc2c(c1)CCC2)C(=O)c1ccc(F)cc1. The Morgan fingerprint density at radius 3 is 2.39 bits per heavy atom. The number of halogens is 1. The summed E-state index contributed by atoms with van der Waals surface area (Å²) in [5.74, 6) is -1.27. The molecule has 0 saturated heterocycles. The molecular weight excluding hydrogens is 295 g/mol. The molecular formula is C19H17FO3. The molecule has 2 aromatic carbocycles. The maximum atomic E-state index is 12.9. The number of ether oxygens (including phenoxy) is 1. The highest BCUT2D eigenvalue weighted by Crippen LogP contribution is 2.23. The second-order valence-electron chi connectivity index (χ2n) is 5.76. The number of rotatable bonds is 4. The first-order chi connectivity index (χ1) is 11.0. The highest BCUT2D eigenvalue weighted by Gasteiger charge is 2.21. The molecule has 0 N–H and O–H groups in total. The Labute approximate surface area is 134 Å². The molecule has 0 aromatic heterocycles. The lowest BCUT2D eigenvalue weighted by molar-refractivity contribution is 0.0318. The van der Waals surface area contributed by atoms with Crippen molar-refractivity contribution in [3.63, 3.8) is 0 Å².